The molecule has 0 aliphatic carbocycles. The van der Waals surface area contributed by atoms with Gasteiger partial charge < -0.3 is 24.8 Å². The van der Waals surface area contributed by atoms with Gasteiger partial charge >= 0.3 is 0 Å². The molecule has 0 bridgehead atoms. The second-order valence-electron chi connectivity index (χ2n) is 6.29. The summed E-state index contributed by atoms with van der Waals surface area (Å²) in [6.45, 7) is 2.42. The number of hydrogen-bond acceptors (Lipinski definition) is 6. The van der Waals surface area contributed by atoms with Gasteiger partial charge in [0.2, 0.25) is 5.91 Å². The summed E-state index contributed by atoms with van der Waals surface area (Å²) in [6.07, 6.45) is 3.18. The zero-order valence-electron chi connectivity index (χ0n) is 14.4. The Morgan fingerprint density at radius 2 is 1.73 bits per heavy atom. The number of anilines is 3. The fraction of sp³-hybridized carbons (Fsp3) is 0.368. The van der Waals surface area contributed by atoms with Crippen molar-refractivity contribution in [3.05, 3.63) is 36.5 Å². The highest BCUT2D eigenvalue weighted by Crippen LogP contribution is 2.33. The van der Waals surface area contributed by atoms with Crippen molar-refractivity contribution in [1.29, 1.82) is 0 Å². The number of fused-ring (bicyclic) bond motifs is 1. The van der Waals surface area contributed by atoms with Crippen molar-refractivity contribution >= 4 is 23.1 Å². The number of pyridine rings is 1. The molecular weight excluding hydrogens is 334 g/mol. The molecule has 2 aliphatic rings. The monoisotopic (exact) mass is 355 g/mol. The van der Waals surface area contributed by atoms with Gasteiger partial charge in [0.05, 0.1) is 11.9 Å². The summed E-state index contributed by atoms with van der Waals surface area (Å²) >= 11 is 0. The first-order valence-electron chi connectivity index (χ1n) is 8.79. The Morgan fingerprint density at radius 3 is 2.50 bits per heavy atom. The van der Waals surface area contributed by atoms with Gasteiger partial charge in [0.15, 0.2) is 11.5 Å². The number of nitrogens with zero attached hydrogens (tertiary/aromatic N) is 1. The molecule has 0 radical (unpaired) electrons. The SMILES string of the molecule is O=C(Nc1ccc(Nc2ccc3c(c2)OCCO3)nc1)C1CCOCC1. The van der Waals surface area contributed by atoms with Gasteiger partial charge in [-0.2, -0.15) is 0 Å². The lowest BCUT2D eigenvalue weighted by Crippen LogP contribution is -2.28. The molecule has 1 aromatic heterocycles. The number of hydrogen-bond donors (Lipinski definition) is 2. The van der Waals surface area contributed by atoms with Crippen molar-refractivity contribution in [2.75, 3.05) is 37.1 Å². The second-order valence-corrected chi connectivity index (χ2v) is 6.29. The number of carbonyl (C=O) groups excluding carboxylic acids is 1. The molecule has 0 atom stereocenters. The van der Waals surface area contributed by atoms with Crippen molar-refractivity contribution in [2.24, 2.45) is 5.92 Å². The third kappa shape index (κ3) is 3.88. The minimum Gasteiger partial charge on any atom is -0.486 e. The van der Waals surface area contributed by atoms with Crippen molar-refractivity contribution in [3.8, 4) is 11.5 Å². The van der Waals surface area contributed by atoms with E-state index >= 15 is 0 Å². The number of nitrogens with one attached hydrogen (secondary N) is 2. The van der Waals surface area contributed by atoms with Gasteiger partial charge in [-0.15, -0.1) is 0 Å². The van der Waals surface area contributed by atoms with E-state index in [1.54, 1.807) is 6.20 Å². The summed E-state index contributed by atoms with van der Waals surface area (Å²) in [5.74, 6) is 2.20. The van der Waals surface area contributed by atoms with Crippen LogP contribution in [-0.4, -0.2) is 37.3 Å². The number of aromatic nitrogens is 1. The van der Waals surface area contributed by atoms with Gasteiger partial charge in [0.25, 0.3) is 0 Å². The molecule has 136 valence electrons. The summed E-state index contributed by atoms with van der Waals surface area (Å²) in [7, 11) is 0. The zero-order chi connectivity index (χ0) is 17.8. The van der Waals surface area contributed by atoms with E-state index < -0.39 is 0 Å². The molecule has 0 spiro atoms. The quantitative estimate of drug-likeness (QED) is 0.878. The van der Waals surface area contributed by atoms with Crippen LogP contribution in [0.15, 0.2) is 36.5 Å². The van der Waals surface area contributed by atoms with Gasteiger partial charge in [-0.25, -0.2) is 4.98 Å². The second kappa shape index (κ2) is 7.61. The number of benzene rings is 1. The first-order valence-corrected chi connectivity index (χ1v) is 8.79. The van der Waals surface area contributed by atoms with E-state index in [4.69, 9.17) is 14.2 Å². The Balaban J connectivity index is 1.37. The largest absolute Gasteiger partial charge is 0.486 e. The minimum atomic E-state index is 0.0132. The van der Waals surface area contributed by atoms with Gasteiger partial charge in [-0.3, -0.25) is 4.79 Å². The standard InChI is InChI=1S/C19H21N3O4/c23-19(13-5-7-24-8-6-13)22-15-2-4-18(20-12-15)21-14-1-3-16-17(11-14)26-10-9-25-16/h1-4,11-13H,5-10H2,(H,20,21)(H,22,23). The van der Waals surface area contributed by atoms with Gasteiger partial charge in [-0.1, -0.05) is 0 Å². The van der Waals surface area contributed by atoms with Crippen LogP contribution >= 0.6 is 0 Å². The highest BCUT2D eigenvalue weighted by atomic mass is 16.6. The van der Waals surface area contributed by atoms with Crippen molar-refractivity contribution in [1.82, 2.24) is 4.98 Å². The third-order valence-corrected chi connectivity index (χ3v) is 4.44. The van der Waals surface area contributed by atoms with Gasteiger partial charge in [0.1, 0.15) is 19.0 Å². The predicted octanol–water partition coefficient (Wildman–Crippen LogP) is 2.96. The maximum atomic E-state index is 12.2. The number of amides is 1. The lowest BCUT2D eigenvalue weighted by Gasteiger charge is -2.21. The first-order chi connectivity index (χ1) is 12.8. The third-order valence-electron chi connectivity index (χ3n) is 4.44. The van der Waals surface area contributed by atoms with Crippen molar-refractivity contribution < 1.29 is 19.0 Å². The topological polar surface area (TPSA) is 81.7 Å². The Labute approximate surface area is 151 Å². The van der Waals surface area contributed by atoms with Crippen molar-refractivity contribution in [2.45, 2.75) is 12.8 Å². The molecule has 7 heteroatoms. The zero-order valence-corrected chi connectivity index (χ0v) is 14.4. The minimum absolute atomic E-state index is 0.0132. The van der Waals surface area contributed by atoms with E-state index in [1.807, 2.05) is 30.3 Å². The molecule has 1 amide bonds. The molecule has 3 heterocycles. The van der Waals surface area contributed by atoms with E-state index in [2.05, 4.69) is 15.6 Å². The molecule has 1 fully saturated rings. The van der Waals surface area contributed by atoms with Crippen LogP contribution in [0.5, 0.6) is 11.5 Å². The Kier molecular flexibility index (Phi) is 4.88. The molecule has 4 rings (SSSR count). The summed E-state index contributed by atoms with van der Waals surface area (Å²) in [6, 6.07) is 9.34. The molecule has 2 N–H and O–H groups in total. The molecule has 1 saturated heterocycles. The number of ether oxygens (including phenoxy) is 3. The van der Waals surface area contributed by atoms with Crippen LogP contribution in [0.4, 0.5) is 17.2 Å². The molecule has 26 heavy (non-hydrogen) atoms. The van der Waals surface area contributed by atoms with Crippen LogP contribution in [0, 0.1) is 5.92 Å². The molecule has 7 nitrogen and oxygen atoms in total. The van der Waals surface area contributed by atoms with E-state index in [-0.39, 0.29) is 11.8 Å². The maximum Gasteiger partial charge on any atom is 0.227 e. The van der Waals surface area contributed by atoms with E-state index in [0.717, 1.165) is 30.0 Å². The van der Waals surface area contributed by atoms with Gasteiger partial charge in [-0.05, 0) is 37.1 Å². The molecule has 2 aliphatic heterocycles. The van der Waals surface area contributed by atoms with Gasteiger partial charge in [0, 0.05) is 30.9 Å². The van der Waals surface area contributed by atoms with Crippen LogP contribution < -0.4 is 20.1 Å². The molecule has 0 saturated carbocycles. The maximum absolute atomic E-state index is 12.2. The summed E-state index contributed by atoms with van der Waals surface area (Å²) in [5.41, 5.74) is 1.55. The smallest absolute Gasteiger partial charge is 0.227 e. The van der Waals surface area contributed by atoms with Crippen molar-refractivity contribution in [3.63, 3.8) is 0 Å². The summed E-state index contributed by atoms with van der Waals surface area (Å²) in [4.78, 5) is 16.6. The molecule has 2 aromatic rings. The van der Waals surface area contributed by atoms with Crippen LogP contribution in [0.2, 0.25) is 0 Å². The fourth-order valence-electron chi connectivity index (χ4n) is 3.01. The Morgan fingerprint density at radius 1 is 0.962 bits per heavy atom. The highest BCUT2D eigenvalue weighted by molar-refractivity contribution is 5.92. The summed E-state index contributed by atoms with van der Waals surface area (Å²) < 4.78 is 16.4. The predicted molar refractivity (Wildman–Crippen MR) is 97.1 cm³/mol. The number of rotatable bonds is 4. The molecule has 0 unspecified atom stereocenters. The van der Waals surface area contributed by atoms with Crippen LogP contribution in [-0.2, 0) is 9.53 Å². The lowest BCUT2D eigenvalue weighted by atomic mass is 9.99. The van der Waals surface area contributed by atoms with E-state index in [9.17, 15) is 4.79 Å². The average Bonchev–Trinajstić information content (AvgIpc) is 2.70. The van der Waals surface area contributed by atoms with Crippen LogP contribution in [0.25, 0.3) is 0 Å². The van der Waals surface area contributed by atoms with E-state index in [1.165, 1.54) is 0 Å². The Hall–Kier alpha value is -2.80. The average molecular weight is 355 g/mol. The fourth-order valence-corrected chi connectivity index (χ4v) is 3.01. The van der Waals surface area contributed by atoms with E-state index in [0.29, 0.717) is 37.9 Å². The molecule has 1 aromatic carbocycles. The normalized spacial score (nSPS) is 16.8. The first kappa shape index (κ1) is 16.7. The molecular formula is C19H21N3O4. The number of carbonyl (C=O) groups is 1. The lowest BCUT2D eigenvalue weighted by molar-refractivity contribution is -0.122. The highest BCUT2D eigenvalue weighted by Gasteiger charge is 2.21. The van der Waals surface area contributed by atoms with Crippen LogP contribution in [0.1, 0.15) is 12.8 Å². The Bertz CT molecular complexity index is 773. The summed E-state index contributed by atoms with van der Waals surface area (Å²) in [5, 5.41) is 6.14. The van der Waals surface area contributed by atoms with Crippen LogP contribution in [0.3, 0.4) is 0 Å².